The molecule has 1 unspecified atom stereocenters. The number of anilines is 1. The number of benzene rings is 2. The van der Waals surface area contributed by atoms with Gasteiger partial charge >= 0.3 is 6.03 Å². The summed E-state index contributed by atoms with van der Waals surface area (Å²) < 4.78 is 5.76. The van der Waals surface area contributed by atoms with Crippen LogP contribution >= 0.6 is 0 Å². The van der Waals surface area contributed by atoms with Crippen molar-refractivity contribution in [1.29, 1.82) is 0 Å². The van der Waals surface area contributed by atoms with E-state index in [0.29, 0.717) is 25.3 Å². The number of rotatable bonds is 5. The van der Waals surface area contributed by atoms with Crippen LogP contribution in [0.1, 0.15) is 12.0 Å². The molecule has 1 aliphatic heterocycles. The first-order chi connectivity index (χ1) is 12.1. The van der Waals surface area contributed by atoms with Crippen LogP contribution < -0.4 is 20.3 Å². The zero-order valence-electron chi connectivity index (χ0n) is 14.1. The Morgan fingerprint density at radius 1 is 1.08 bits per heavy atom. The van der Waals surface area contributed by atoms with E-state index in [-0.39, 0.29) is 11.9 Å². The second-order valence-electron chi connectivity index (χ2n) is 5.86. The van der Waals surface area contributed by atoms with Crippen molar-refractivity contribution in [2.24, 2.45) is 0 Å². The second kappa shape index (κ2) is 7.70. The number of nitrogens with zero attached hydrogens (tertiary/aromatic N) is 1. The van der Waals surface area contributed by atoms with Crippen molar-refractivity contribution in [2.45, 2.75) is 19.1 Å². The third kappa shape index (κ3) is 4.09. The maximum absolute atomic E-state index is 12.3. The van der Waals surface area contributed by atoms with Crippen LogP contribution in [0.5, 0.6) is 5.75 Å². The molecule has 6 nitrogen and oxygen atoms in total. The molecule has 0 fully saturated rings. The standard InChI is InChI=1S/C19H21N3O3/c1-22-15-9-5-6-10-16(15)25-17(18(22)23)11-12-20-19(24)21-13-14-7-3-2-4-8-14/h2-10,17H,11-13H2,1H3,(H2,20,21,24). The molecule has 25 heavy (non-hydrogen) atoms. The van der Waals surface area contributed by atoms with E-state index >= 15 is 0 Å². The van der Waals surface area contributed by atoms with Crippen molar-refractivity contribution >= 4 is 17.6 Å². The Morgan fingerprint density at radius 2 is 1.80 bits per heavy atom. The first-order valence-corrected chi connectivity index (χ1v) is 8.24. The minimum absolute atomic E-state index is 0.106. The van der Waals surface area contributed by atoms with E-state index in [1.54, 1.807) is 11.9 Å². The molecule has 0 spiro atoms. The molecule has 6 heteroatoms. The van der Waals surface area contributed by atoms with E-state index < -0.39 is 6.10 Å². The number of para-hydroxylation sites is 2. The first-order valence-electron chi connectivity index (χ1n) is 8.24. The summed E-state index contributed by atoms with van der Waals surface area (Å²) in [5.41, 5.74) is 1.79. The molecule has 2 N–H and O–H groups in total. The fourth-order valence-corrected chi connectivity index (χ4v) is 2.71. The average molecular weight is 339 g/mol. The Bertz CT molecular complexity index is 749. The van der Waals surface area contributed by atoms with Gasteiger partial charge in [0.05, 0.1) is 5.69 Å². The van der Waals surface area contributed by atoms with Gasteiger partial charge in [0.25, 0.3) is 5.91 Å². The predicted octanol–water partition coefficient (Wildman–Crippen LogP) is 2.30. The first kappa shape index (κ1) is 16.8. The molecule has 3 rings (SSSR count). The van der Waals surface area contributed by atoms with Gasteiger partial charge in [0.15, 0.2) is 6.10 Å². The van der Waals surface area contributed by atoms with E-state index in [0.717, 1.165) is 11.3 Å². The van der Waals surface area contributed by atoms with Gasteiger partial charge in [-0.2, -0.15) is 0 Å². The molecule has 3 amide bonds. The van der Waals surface area contributed by atoms with Crippen molar-refractivity contribution in [3.63, 3.8) is 0 Å². The molecule has 0 saturated carbocycles. The Morgan fingerprint density at radius 3 is 2.60 bits per heavy atom. The maximum atomic E-state index is 12.3. The molecule has 0 radical (unpaired) electrons. The van der Waals surface area contributed by atoms with E-state index in [9.17, 15) is 9.59 Å². The highest BCUT2D eigenvalue weighted by Crippen LogP contribution is 2.33. The van der Waals surface area contributed by atoms with E-state index in [2.05, 4.69) is 10.6 Å². The maximum Gasteiger partial charge on any atom is 0.315 e. The lowest BCUT2D eigenvalue weighted by Crippen LogP contribution is -2.46. The molecule has 0 saturated heterocycles. The Kier molecular flexibility index (Phi) is 5.18. The quantitative estimate of drug-likeness (QED) is 0.878. The SMILES string of the molecule is CN1C(=O)C(CCNC(=O)NCc2ccccc2)Oc2ccccc21. The number of hydrogen-bond acceptors (Lipinski definition) is 3. The summed E-state index contributed by atoms with van der Waals surface area (Å²) in [6.07, 6.45) is -0.176. The molecule has 130 valence electrons. The van der Waals surface area contributed by atoms with Crippen LogP contribution in [-0.4, -0.2) is 31.6 Å². The number of fused-ring (bicyclic) bond motifs is 1. The lowest BCUT2D eigenvalue weighted by Gasteiger charge is -2.31. The van der Waals surface area contributed by atoms with Gasteiger partial charge in [-0.05, 0) is 17.7 Å². The smallest absolute Gasteiger partial charge is 0.315 e. The highest BCUT2D eigenvalue weighted by atomic mass is 16.5. The van der Waals surface area contributed by atoms with Crippen molar-refractivity contribution in [3.8, 4) is 5.75 Å². The number of nitrogens with one attached hydrogen (secondary N) is 2. The lowest BCUT2D eigenvalue weighted by atomic mass is 10.1. The van der Waals surface area contributed by atoms with Gasteiger partial charge in [-0.25, -0.2) is 4.79 Å². The Labute approximate surface area is 146 Å². The van der Waals surface area contributed by atoms with E-state index in [1.807, 2.05) is 54.6 Å². The number of likely N-dealkylation sites (N-methyl/N-ethyl adjacent to an activating group) is 1. The van der Waals surface area contributed by atoms with Crippen LogP contribution in [0.4, 0.5) is 10.5 Å². The summed E-state index contributed by atoms with van der Waals surface area (Å²) >= 11 is 0. The van der Waals surface area contributed by atoms with Crippen molar-refractivity contribution in [2.75, 3.05) is 18.5 Å². The summed E-state index contributed by atoms with van der Waals surface area (Å²) in [4.78, 5) is 25.8. The Balaban J connectivity index is 1.46. The fraction of sp³-hybridized carbons (Fsp3) is 0.263. The van der Waals surface area contributed by atoms with Gasteiger partial charge in [-0.15, -0.1) is 0 Å². The minimum atomic E-state index is -0.589. The zero-order valence-corrected chi connectivity index (χ0v) is 14.1. The molecule has 2 aromatic rings. The van der Waals surface area contributed by atoms with Crippen LogP contribution in [0.2, 0.25) is 0 Å². The second-order valence-corrected chi connectivity index (χ2v) is 5.86. The van der Waals surface area contributed by atoms with Gasteiger partial charge in [0, 0.05) is 26.6 Å². The molecule has 2 aromatic carbocycles. The van der Waals surface area contributed by atoms with E-state index in [1.165, 1.54) is 0 Å². The molecule has 1 aliphatic rings. The molecule has 0 bridgehead atoms. The summed E-state index contributed by atoms with van der Waals surface area (Å²) in [6, 6.07) is 16.8. The van der Waals surface area contributed by atoms with Crippen molar-refractivity contribution < 1.29 is 14.3 Å². The van der Waals surface area contributed by atoms with Crippen LogP contribution in [0.15, 0.2) is 54.6 Å². The minimum Gasteiger partial charge on any atom is -0.478 e. The highest BCUT2D eigenvalue weighted by molar-refractivity contribution is 5.99. The molecule has 0 aliphatic carbocycles. The third-order valence-corrected chi connectivity index (χ3v) is 4.09. The van der Waals surface area contributed by atoms with Crippen LogP contribution in [-0.2, 0) is 11.3 Å². The average Bonchev–Trinajstić information content (AvgIpc) is 2.65. The normalized spacial score (nSPS) is 16.0. The van der Waals surface area contributed by atoms with Gasteiger partial charge in [-0.3, -0.25) is 4.79 Å². The highest BCUT2D eigenvalue weighted by Gasteiger charge is 2.31. The Hall–Kier alpha value is -3.02. The molecule has 0 aromatic heterocycles. The van der Waals surface area contributed by atoms with Gasteiger partial charge in [0.2, 0.25) is 0 Å². The number of ether oxygens (including phenoxy) is 1. The largest absolute Gasteiger partial charge is 0.478 e. The number of carbonyl (C=O) groups is 2. The van der Waals surface area contributed by atoms with Crippen molar-refractivity contribution in [3.05, 3.63) is 60.2 Å². The molecular weight excluding hydrogens is 318 g/mol. The number of urea groups is 1. The van der Waals surface area contributed by atoms with Crippen LogP contribution in [0.25, 0.3) is 0 Å². The third-order valence-electron chi connectivity index (χ3n) is 4.09. The summed E-state index contributed by atoms with van der Waals surface area (Å²) in [5, 5.41) is 5.54. The monoisotopic (exact) mass is 339 g/mol. The zero-order chi connectivity index (χ0) is 17.6. The van der Waals surface area contributed by atoms with Crippen molar-refractivity contribution in [1.82, 2.24) is 10.6 Å². The lowest BCUT2D eigenvalue weighted by molar-refractivity contribution is -0.126. The summed E-state index contributed by atoms with van der Waals surface area (Å²) in [5.74, 6) is 0.577. The predicted molar refractivity (Wildman–Crippen MR) is 95.6 cm³/mol. The molecular formula is C19H21N3O3. The topological polar surface area (TPSA) is 70.7 Å². The van der Waals surface area contributed by atoms with Gasteiger partial charge in [0.1, 0.15) is 5.75 Å². The van der Waals surface area contributed by atoms with Gasteiger partial charge in [-0.1, -0.05) is 42.5 Å². The summed E-state index contributed by atoms with van der Waals surface area (Å²) in [6.45, 7) is 0.814. The van der Waals surface area contributed by atoms with Crippen LogP contribution in [0, 0.1) is 0 Å². The summed E-state index contributed by atoms with van der Waals surface area (Å²) in [7, 11) is 1.73. The number of amides is 3. The van der Waals surface area contributed by atoms with Crippen LogP contribution in [0.3, 0.4) is 0 Å². The number of hydrogen-bond donors (Lipinski definition) is 2. The fourth-order valence-electron chi connectivity index (χ4n) is 2.71. The number of carbonyl (C=O) groups excluding carboxylic acids is 2. The van der Waals surface area contributed by atoms with E-state index in [4.69, 9.17) is 4.74 Å². The molecule has 1 atom stereocenters. The van der Waals surface area contributed by atoms with Gasteiger partial charge < -0.3 is 20.3 Å². The molecule has 1 heterocycles.